The molecule has 1 amide bonds. The number of nitrogens with one attached hydrogen (secondary N) is 1. The molecule has 1 aromatic carbocycles. The first-order chi connectivity index (χ1) is 6.97. The van der Waals surface area contributed by atoms with E-state index in [2.05, 4.69) is 11.4 Å². The maximum atomic E-state index is 11.0. The average Bonchev–Trinajstić information content (AvgIpc) is 2.21. The van der Waals surface area contributed by atoms with Crippen LogP contribution in [0.3, 0.4) is 0 Å². The molecule has 0 radical (unpaired) electrons. The van der Waals surface area contributed by atoms with Gasteiger partial charge >= 0.3 is 0 Å². The van der Waals surface area contributed by atoms with E-state index in [-0.39, 0.29) is 6.29 Å². The van der Waals surface area contributed by atoms with Crippen LogP contribution in [0.5, 0.6) is 0 Å². The zero-order valence-corrected chi connectivity index (χ0v) is 9.47. The van der Waals surface area contributed by atoms with Gasteiger partial charge in [-0.25, -0.2) is 0 Å². The Morgan fingerprint density at radius 3 is 2.00 bits per heavy atom. The van der Waals surface area contributed by atoms with Crippen molar-refractivity contribution in [2.75, 3.05) is 5.32 Å². The van der Waals surface area contributed by atoms with Crippen LogP contribution >= 0.6 is 0 Å². The molecule has 0 spiro atoms. The predicted octanol–water partition coefficient (Wildman–Crippen LogP) is 2.06. The van der Waals surface area contributed by atoms with E-state index in [4.69, 9.17) is 0 Å². The molecule has 0 saturated heterocycles. The molecule has 15 heavy (non-hydrogen) atoms. The highest BCUT2D eigenvalue weighted by Crippen LogP contribution is 2.26. The van der Waals surface area contributed by atoms with Gasteiger partial charge in [0, 0.05) is 5.69 Å². The van der Waals surface area contributed by atoms with Crippen LogP contribution in [0.1, 0.15) is 22.3 Å². The van der Waals surface area contributed by atoms with Crippen LogP contribution in [-0.2, 0) is 9.59 Å². The van der Waals surface area contributed by atoms with Gasteiger partial charge in [0.15, 0.2) is 0 Å². The van der Waals surface area contributed by atoms with E-state index in [0.29, 0.717) is 0 Å². The minimum Gasteiger partial charge on any atom is -0.319 e. The van der Waals surface area contributed by atoms with Crippen LogP contribution in [0.4, 0.5) is 5.69 Å². The lowest BCUT2D eigenvalue weighted by atomic mass is 9.99. The minimum absolute atomic E-state index is 0.288. The third kappa shape index (κ3) is 2.24. The molecule has 1 aromatic rings. The summed E-state index contributed by atoms with van der Waals surface area (Å²) in [6, 6.07) is 2.07. The molecule has 1 rings (SSSR count). The molecule has 80 valence electrons. The molecule has 0 aromatic heterocycles. The summed E-state index contributed by atoms with van der Waals surface area (Å²) in [4.78, 5) is 21.3. The van der Waals surface area contributed by atoms with Crippen LogP contribution in [0.25, 0.3) is 0 Å². The Kier molecular flexibility index (Phi) is 3.24. The van der Waals surface area contributed by atoms with Crippen LogP contribution < -0.4 is 5.32 Å². The lowest BCUT2D eigenvalue weighted by Gasteiger charge is -2.14. The van der Waals surface area contributed by atoms with E-state index in [1.54, 1.807) is 0 Å². The second-order valence-corrected chi connectivity index (χ2v) is 3.74. The molecule has 0 aliphatic heterocycles. The number of hydrogen-bond donors (Lipinski definition) is 1. The molecule has 0 unspecified atom stereocenters. The van der Waals surface area contributed by atoms with Gasteiger partial charge in [-0.3, -0.25) is 9.59 Å². The van der Waals surface area contributed by atoms with Crippen molar-refractivity contribution in [1.29, 1.82) is 0 Å². The number of aldehydes is 1. The summed E-state index contributed by atoms with van der Waals surface area (Å²) in [5.41, 5.74) is 4.99. The topological polar surface area (TPSA) is 46.2 Å². The highest BCUT2D eigenvalue weighted by Gasteiger charge is 2.10. The first-order valence-electron chi connectivity index (χ1n) is 4.81. The highest BCUT2D eigenvalue weighted by molar-refractivity contribution is 6.29. The Morgan fingerprint density at radius 2 is 1.60 bits per heavy atom. The van der Waals surface area contributed by atoms with Gasteiger partial charge in [-0.05, 0) is 49.9 Å². The van der Waals surface area contributed by atoms with Crippen LogP contribution in [0.15, 0.2) is 6.07 Å². The molecule has 0 bridgehead atoms. The van der Waals surface area contributed by atoms with Gasteiger partial charge in [0.25, 0.3) is 5.91 Å². The first kappa shape index (κ1) is 11.4. The van der Waals surface area contributed by atoms with Gasteiger partial charge in [-0.1, -0.05) is 6.07 Å². The Bertz CT molecular complexity index is 396. The standard InChI is InChI=1S/C12H15NO2/c1-7-5-8(2)10(4)12(9(7)3)13-11(15)6-14/h5-6H,1-4H3,(H,13,15). The Morgan fingerprint density at radius 1 is 1.13 bits per heavy atom. The fraction of sp³-hybridized carbons (Fsp3) is 0.333. The zero-order chi connectivity index (χ0) is 11.6. The van der Waals surface area contributed by atoms with E-state index in [1.165, 1.54) is 0 Å². The smallest absolute Gasteiger partial charge is 0.288 e. The second kappa shape index (κ2) is 4.26. The average molecular weight is 205 g/mol. The molecule has 0 atom stereocenters. The van der Waals surface area contributed by atoms with Crippen molar-refractivity contribution < 1.29 is 9.59 Å². The molecule has 1 N–H and O–H groups in total. The van der Waals surface area contributed by atoms with Crippen molar-refractivity contribution in [2.45, 2.75) is 27.7 Å². The Hall–Kier alpha value is -1.64. The van der Waals surface area contributed by atoms with Crippen molar-refractivity contribution in [3.05, 3.63) is 28.3 Å². The van der Waals surface area contributed by atoms with Gasteiger partial charge in [0.2, 0.25) is 6.29 Å². The Balaban J connectivity index is 3.26. The fourth-order valence-electron chi connectivity index (χ4n) is 1.56. The summed E-state index contributed by atoms with van der Waals surface area (Å²) in [6.07, 6.45) is 0.288. The van der Waals surface area contributed by atoms with E-state index in [9.17, 15) is 9.59 Å². The fourth-order valence-corrected chi connectivity index (χ4v) is 1.56. The highest BCUT2D eigenvalue weighted by atomic mass is 16.2. The maximum absolute atomic E-state index is 11.0. The Labute approximate surface area is 89.5 Å². The van der Waals surface area contributed by atoms with Crippen molar-refractivity contribution in [3.63, 3.8) is 0 Å². The number of hydrogen-bond acceptors (Lipinski definition) is 2. The van der Waals surface area contributed by atoms with Crippen LogP contribution in [-0.4, -0.2) is 12.2 Å². The summed E-state index contributed by atoms with van der Waals surface area (Å²) in [6.45, 7) is 7.83. The summed E-state index contributed by atoms with van der Waals surface area (Å²) in [7, 11) is 0. The maximum Gasteiger partial charge on any atom is 0.288 e. The molecule has 0 aliphatic rings. The van der Waals surface area contributed by atoms with Gasteiger partial charge in [-0.15, -0.1) is 0 Å². The normalized spacial score (nSPS) is 9.87. The van der Waals surface area contributed by atoms with Gasteiger partial charge < -0.3 is 5.32 Å². The van der Waals surface area contributed by atoms with E-state index in [0.717, 1.165) is 27.9 Å². The van der Waals surface area contributed by atoms with E-state index < -0.39 is 5.91 Å². The van der Waals surface area contributed by atoms with Crippen LogP contribution in [0.2, 0.25) is 0 Å². The van der Waals surface area contributed by atoms with Gasteiger partial charge in [0.1, 0.15) is 0 Å². The van der Waals surface area contributed by atoms with Crippen molar-refractivity contribution in [1.82, 2.24) is 0 Å². The zero-order valence-electron chi connectivity index (χ0n) is 9.47. The molecular weight excluding hydrogens is 190 g/mol. The number of carbonyl (C=O) groups is 2. The molecule has 3 nitrogen and oxygen atoms in total. The summed E-state index contributed by atoms with van der Waals surface area (Å²) >= 11 is 0. The lowest BCUT2D eigenvalue weighted by Crippen LogP contribution is -2.15. The molecular formula is C12H15NO2. The molecule has 0 heterocycles. The van der Waals surface area contributed by atoms with Crippen molar-refractivity contribution >= 4 is 17.9 Å². The largest absolute Gasteiger partial charge is 0.319 e. The molecule has 0 saturated carbocycles. The van der Waals surface area contributed by atoms with Gasteiger partial charge in [0.05, 0.1) is 0 Å². The number of aryl methyl sites for hydroxylation is 2. The second-order valence-electron chi connectivity index (χ2n) is 3.74. The minimum atomic E-state index is -0.605. The summed E-state index contributed by atoms with van der Waals surface area (Å²) in [5.74, 6) is -0.605. The van der Waals surface area contributed by atoms with Gasteiger partial charge in [-0.2, -0.15) is 0 Å². The number of benzene rings is 1. The monoisotopic (exact) mass is 205 g/mol. The molecule has 0 fully saturated rings. The van der Waals surface area contributed by atoms with Crippen molar-refractivity contribution in [2.24, 2.45) is 0 Å². The predicted molar refractivity (Wildman–Crippen MR) is 60.1 cm³/mol. The van der Waals surface area contributed by atoms with E-state index >= 15 is 0 Å². The molecule has 0 aliphatic carbocycles. The first-order valence-corrected chi connectivity index (χ1v) is 4.81. The number of amides is 1. The summed E-state index contributed by atoms with van der Waals surface area (Å²) in [5, 5.41) is 2.60. The van der Waals surface area contributed by atoms with E-state index in [1.807, 2.05) is 27.7 Å². The lowest BCUT2D eigenvalue weighted by molar-refractivity contribution is -0.127. The van der Waals surface area contributed by atoms with Crippen molar-refractivity contribution in [3.8, 4) is 0 Å². The third-order valence-corrected chi connectivity index (χ3v) is 2.72. The van der Waals surface area contributed by atoms with Crippen LogP contribution in [0, 0.1) is 27.7 Å². The number of rotatable bonds is 2. The third-order valence-electron chi connectivity index (χ3n) is 2.72. The quantitative estimate of drug-likeness (QED) is 0.593. The summed E-state index contributed by atoms with van der Waals surface area (Å²) < 4.78 is 0. The number of anilines is 1. The number of carbonyl (C=O) groups excluding carboxylic acids is 2. The molecule has 3 heteroatoms. The SMILES string of the molecule is Cc1cc(C)c(C)c(NC(=O)C=O)c1C.